The lowest BCUT2D eigenvalue weighted by molar-refractivity contribution is 0.161. The first-order chi connectivity index (χ1) is 7.61. The maximum Gasteiger partial charge on any atom is 0.404 e. The van der Waals surface area contributed by atoms with Gasteiger partial charge in [-0.2, -0.15) is 0 Å². The van der Waals surface area contributed by atoms with Gasteiger partial charge in [0.15, 0.2) is 5.16 Å². The third kappa shape index (κ3) is 4.22. The van der Waals surface area contributed by atoms with Gasteiger partial charge in [0.25, 0.3) is 0 Å². The van der Waals surface area contributed by atoms with Gasteiger partial charge in [-0.25, -0.2) is 14.8 Å². The number of nitrogens with one attached hydrogen (secondary N) is 1. The van der Waals surface area contributed by atoms with Gasteiger partial charge in [0.2, 0.25) is 0 Å². The van der Waals surface area contributed by atoms with Crippen molar-refractivity contribution >= 4 is 29.5 Å². The Morgan fingerprint density at radius 3 is 3.00 bits per heavy atom. The highest BCUT2D eigenvalue weighted by Crippen LogP contribution is 2.14. The SMILES string of the molecule is CSc1nc(N)cc(NCCOC(N)=O)n1. The lowest BCUT2D eigenvalue weighted by Gasteiger charge is -2.07. The first-order valence-corrected chi connectivity index (χ1v) is 5.69. The van der Waals surface area contributed by atoms with Gasteiger partial charge in [-0.1, -0.05) is 11.8 Å². The van der Waals surface area contributed by atoms with Crippen molar-refractivity contribution < 1.29 is 9.53 Å². The number of ether oxygens (including phenoxy) is 1. The van der Waals surface area contributed by atoms with Crippen LogP contribution in [-0.2, 0) is 4.74 Å². The van der Waals surface area contributed by atoms with Crippen LogP contribution < -0.4 is 16.8 Å². The maximum atomic E-state index is 10.3. The number of hydrogen-bond donors (Lipinski definition) is 3. The van der Waals surface area contributed by atoms with Crippen LogP contribution in [0, 0.1) is 0 Å². The van der Waals surface area contributed by atoms with Crippen molar-refractivity contribution in [1.29, 1.82) is 0 Å². The molecule has 0 saturated carbocycles. The van der Waals surface area contributed by atoms with Crippen LogP contribution in [0.15, 0.2) is 11.2 Å². The highest BCUT2D eigenvalue weighted by atomic mass is 32.2. The summed E-state index contributed by atoms with van der Waals surface area (Å²) >= 11 is 1.39. The number of carbonyl (C=O) groups excluding carboxylic acids is 1. The summed E-state index contributed by atoms with van der Waals surface area (Å²) in [7, 11) is 0. The number of aromatic nitrogens is 2. The first-order valence-electron chi connectivity index (χ1n) is 4.46. The van der Waals surface area contributed by atoms with E-state index in [0.29, 0.717) is 23.3 Å². The highest BCUT2D eigenvalue weighted by Gasteiger charge is 2.01. The van der Waals surface area contributed by atoms with Crippen molar-refractivity contribution in [1.82, 2.24) is 9.97 Å². The van der Waals surface area contributed by atoms with Gasteiger partial charge in [0.1, 0.15) is 18.2 Å². The molecule has 0 unspecified atom stereocenters. The summed E-state index contributed by atoms with van der Waals surface area (Å²) in [5, 5.41) is 3.52. The molecule has 8 heteroatoms. The number of nitrogen functional groups attached to an aromatic ring is 1. The molecule has 0 atom stereocenters. The molecule has 0 spiro atoms. The van der Waals surface area contributed by atoms with Gasteiger partial charge in [0, 0.05) is 6.07 Å². The molecule has 0 bridgehead atoms. The number of rotatable bonds is 5. The van der Waals surface area contributed by atoms with Gasteiger partial charge >= 0.3 is 6.09 Å². The standard InChI is InChI=1S/C8H13N5O2S/c1-16-8-12-5(9)4-6(13-8)11-2-3-15-7(10)14/h4H,2-3H2,1H3,(H2,10,14)(H3,9,11,12,13). The summed E-state index contributed by atoms with van der Waals surface area (Å²) in [6.07, 6.45) is 1.06. The lowest BCUT2D eigenvalue weighted by atomic mass is 10.5. The minimum absolute atomic E-state index is 0.174. The Balaban J connectivity index is 2.47. The van der Waals surface area contributed by atoms with Gasteiger partial charge in [0.05, 0.1) is 6.54 Å². The average Bonchev–Trinajstić information content (AvgIpc) is 2.23. The van der Waals surface area contributed by atoms with E-state index in [1.54, 1.807) is 6.07 Å². The minimum atomic E-state index is -0.797. The molecular weight excluding hydrogens is 230 g/mol. The number of nitrogens with two attached hydrogens (primary N) is 2. The largest absolute Gasteiger partial charge is 0.448 e. The van der Waals surface area contributed by atoms with Crippen molar-refractivity contribution in [3.63, 3.8) is 0 Å². The zero-order chi connectivity index (χ0) is 12.0. The molecule has 16 heavy (non-hydrogen) atoms. The van der Waals surface area contributed by atoms with Crippen LogP contribution >= 0.6 is 11.8 Å². The Kier molecular flexibility index (Phi) is 4.65. The van der Waals surface area contributed by atoms with E-state index in [9.17, 15) is 4.79 Å². The Hall–Kier alpha value is -1.70. The van der Waals surface area contributed by atoms with Crippen LogP contribution in [0.4, 0.5) is 16.4 Å². The number of hydrogen-bond acceptors (Lipinski definition) is 7. The summed E-state index contributed by atoms with van der Waals surface area (Å²) < 4.78 is 4.55. The second-order valence-corrected chi connectivity index (χ2v) is 3.53. The predicted molar refractivity (Wildman–Crippen MR) is 62.3 cm³/mol. The number of nitrogens with zero attached hydrogens (tertiary/aromatic N) is 2. The third-order valence-electron chi connectivity index (χ3n) is 1.56. The molecule has 0 radical (unpaired) electrons. The molecule has 5 N–H and O–H groups in total. The van der Waals surface area contributed by atoms with Crippen LogP contribution in [-0.4, -0.2) is 35.5 Å². The molecule has 1 aromatic heterocycles. The normalized spacial score (nSPS) is 9.81. The topological polar surface area (TPSA) is 116 Å². The van der Waals surface area contributed by atoms with E-state index in [-0.39, 0.29) is 6.61 Å². The number of thioether (sulfide) groups is 1. The fourth-order valence-corrected chi connectivity index (χ4v) is 1.34. The van der Waals surface area contributed by atoms with Crippen molar-refractivity contribution in [2.75, 3.05) is 30.5 Å². The Bertz CT molecular complexity index is 373. The Morgan fingerprint density at radius 1 is 1.62 bits per heavy atom. The summed E-state index contributed by atoms with van der Waals surface area (Å²) in [4.78, 5) is 18.4. The summed E-state index contributed by atoms with van der Waals surface area (Å²) in [5.74, 6) is 0.975. The molecule has 1 heterocycles. The van der Waals surface area contributed by atoms with E-state index >= 15 is 0 Å². The van der Waals surface area contributed by atoms with E-state index in [2.05, 4.69) is 20.0 Å². The highest BCUT2D eigenvalue weighted by molar-refractivity contribution is 7.98. The van der Waals surface area contributed by atoms with E-state index < -0.39 is 6.09 Å². The zero-order valence-corrected chi connectivity index (χ0v) is 9.58. The molecule has 0 aromatic carbocycles. The average molecular weight is 243 g/mol. The Labute approximate surface area is 97.0 Å². The van der Waals surface area contributed by atoms with E-state index in [1.165, 1.54) is 11.8 Å². The number of primary amides is 1. The second-order valence-electron chi connectivity index (χ2n) is 2.76. The molecule has 0 aliphatic rings. The molecule has 0 saturated heterocycles. The predicted octanol–water partition coefficient (Wildman–Crippen LogP) is 0.288. The smallest absolute Gasteiger partial charge is 0.404 e. The van der Waals surface area contributed by atoms with Gasteiger partial charge in [-0.15, -0.1) is 0 Å². The Morgan fingerprint density at radius 2 is 2.38 bits per heavy atom. The van der Waals surface area contributed by atoms with E-state index in [4.69, 9.17) is 11.5 Å². The molecule has 1 amide bonds. The van der Waals surface area contributed by atoms with Crippen molar-refractivity contribution in [3.05, 3.63) is 6.07 Å². The fraction of sp³-hybridized carbons (Fsp3) is 0.375. The molecular formula is C8H13N5O2S. The van der Waals surface area contributed by atoms with Crippen LogP contribution in [0.25, 0.3) is 0 Å². The second kappa shape index (κ2) is 6.01. The molecule has 0 fully saturated rings. The lowest BCUT2D eigenvalue weighted by Crippen LogP contribution is -2.18. The number of anilines is 2. The summed E-state index contributed by atoms with van der Waals surface area (Å²) in [6.45, 7) is 0.584. The zero-order valence-electron chi connectivity index (χ0n) is 8.77. The van der Waals surface area contributed by atoms with Crippen LogP contribution in [0.2, 0.25) is 0 Å². The van der Waals surface area contributed by atoms with Crippen LogP contribution in [0.1, 0.15) is 0 Å². The summed E-state index contributed by atoms with van der Waals surface area (Å²) in [6, 6.07) is 1.60. The molecule has 0 aliphatic heterocycles. The van der Waals surface area contributed by atoms with Gasteiger partial charge in [-0.05, 0) is 6.26 Å². The van der Waals surface area contributed by atoms with E-state index in [1.807, 2.05) is 6.26 Å². The molecule has 0 aliphatic carbocycles. The molecule has 88 valence electrons. The first kappa shape index (κ1) is 12.4. The third-order valence-corrected chi connectivity index (χ3v) is 2.11. The van der Waals surface area contributed by atoms with Crippen molar-refractivity contribution in [2.45, 2.75) is 5.16 Å². The fourth-order valence-electron chi connectivity index (χ4n) is 0.956. The maximum absolute atomic E-state index is 10.3. The molecule has 1 aromatic rings. The molecule has 7 nitrogen and oxygen atoms in total. The van der Waals surface area contributed by atoms with Crippen LogP contribution in [0.5, 0.6) is 0 Å². The molecule has 1 rings (SSSR count). The minimum Gasteiger partial charge on any atom is -0.448 e. The monoisotopic (exact) mass is 243 g/mol. The number of amides is 1. The van der Waals surface area contributed by atoms with Crippen molar-refractivity contribution in [2.24, 2.45) is 5.73 Å². The quantitative estimate of drug-likeness (QED) is 0.386. The van der Waals surface area contributed by atoms with Crippen molar-refractivity contribution in [3.8, 4) is 0 Å². The number of carbonyl (C=O) groups is 1. The van der Waals surface area contributed by atoms with Gasteiger partial charge in [-0.3, -0.25) is 0 Å². The van der Waals surface area contributed by atoms with Gasteiger partial charge < -0.3 is 21.5 Å². The summed E-state index contributed by atoms with van der Waals surface area (Å²) in [5.41, 5.74) is 10.4. The van der Waals surface area contributed by atoms with Crippen LogP contribution in [0.3, 0.4) is 0 Å². The van der Waals surface area contributed by atoms with E-state index in [0.717, 1.165) is 0 Å².